The van der Waals surface area contributed by atoms with Gasteiger partial charge in [0, 0.05) is 6.42 Å². The summed E-state index contributed by atoms with van der Waals surface area (Å²) in [6.07, 6.45) is -13.7. The Hall–Kier alpha value is -2.21. The SMILES string of the molecule is CC(C)COc1ccc(C(O)CC(F)(F)C(F)(F)C(F)(F)C(F)(F)C(F)(F)C(F)(F)C(F)(F)C(F)(F)F)cc1. The third-order valence-electron chi connectivity index (χ3n) is 5.09. The summed E-state index contributed by atoms with van der Waals surface area (Å²) in [7, 11) is 0. The van der Waals surface area contributed by atoms with Crippen LogP contribution < -0.4 is 4.74 Å². The fourth-order valence-electron chi connectivity index (χ4n) is 2.73. The van der Waals surface area contributed by atoms with Gasteiger partial charge in [-0.25, -0.2) is 0 Å². The van der Waals surface area contributed by atoms with Crippen molar-refractivity contribution in [2.45, 2.75) is 74.0 Å². The quantitative estimate of drug-likeness (QED) is 0.242. The van der Waals surface area contributed by atoms with Crippen molar-refractivity contribution in [2.75, 3.05) is 6.61 Å². The molecule has 1 aromatic carbocycles. The minimum absolute atomic E-state index is 0.0155. The molecule has 0 fully saturated rings. The van der Waals surface area contributed by atoms with Gasteiger partial charge in [0.2, 0.25) is 0 Å². The van der Waals surface area contributed by atoms with Gasteiger partial charge in [-0.1, -0.05) is 26.0 Å². The first kappa shape index (κ1) is 34.8. The maximum Gasteiger partial charge on any atom is 0.460 e. The maximum absolute atomic E-state index is 14.1. The summed E-state index contributed by atoms with van der Waals surface area (Å²) in [6, 6.07) is 3.30. The molecule has 0 aliphatic heterocycles. The number of benzene rings is 1. The zero-order chi connectivity index (χ0) is 31.3. The van der Waals surface area contributed by atoms with Crippen LogP contribution in [-0.2, 0) is 0 Å². The monoisotopic (exact) mass is 612 g/mol. The van der Waals surface area contributed by atoms with Crippen molar-refractivity contribution < 1.29 is 84.5 Å². The third-order valence-corrected chi connectivity index (χ3v) is 5.09. The molecule has 1 rings (SSSR count). The van der Waals surface area contributed by atoms with Gasteiger partial charge in [-0.05, 0) is 23.6 Å². The largest absolute Gasteiger partial charge is 0.493 e. The number of hydrogen-bond acceptors (Lipinski definition) is 2. The van der Waals surface area contributed by atoms with Gasteiger partial charge in [0.05, 0.1) is 12.7 Å². The van der Waals surface area contributed by atoms with Crippen LogP contribution in [-0.4, -0.2) is 59.3 Å². The second-order valence-corrected chi connectivity index (χ2v) is 8.64. The number of alkyl halides is 17. The zero-order valence-electron chi connectivity index (χ0n) is 19.2. The second-order valence-electron chi connectivity index (χ2n) is 8.64. The van der Waals surface area contributed by atoms with Gasteiger partial charge in [-0.3, -0.25) is 0 Å². The molecule has 2 nitrogen and oxygen atoms in total. The van der Waals surface area contributed by atoms with E-state index in [4.69, 9.17) is 4.74 Å². The van der Waals surface area contributed by atoms with E-state index in [0.717, 1.165) is 12.1 Å². The van der Waals surface area contributed by atoms with Gasteiger partial charge in [-0.15, -0.1) is 0 Å². The van der Waals surface area contributed by atoms with E-state index < -0.39 is 65.7 Å². The average molecular weight is 612 g/mol. The number of hydrogen-bond donors (Lipinski definition) is 1. The van der Waals surface area contributed by atoms with Crippen LogP contribution in [0.2, 0.25) is 0 Å². The molecule has 1 aromatic rings. The number of aliphatic hydroxyl groups is 1. The summed E-state index contributed by atoms with van der Waals surface area (Å²) in [6.45, 7) is 3.52. The lowest BCUT2D eigenvalue weighted by molar-refractivity contribution is -0.462. The van der Waals surface area contributed by atoms with Crippen LogP contribution in [0.4, 0.5) is 74.6 Å². The van der Waals surface area contributed by atoms with E-state index in [1.807, 2.05) is 0 Å². The molecule has 0 saturated carbocycles. The fraction of sp³-hybridized carbons (Fsp3) is 0.700. The fourth-order valence-corrected chi connectivity index (χ4v) is 2.73. The van der Waals surface area contributed by atoms with Crippen LogP contribution in [0, 0.1) is 5.92 Å². The lowest BCUT2D eigenvalue weighted by atomic mass is 9.87. The molecule has 1 atom stereocenters. The van der Waals surface area contributed by atoms with Crippen molar-refractivity contribution in [1.82, 2.24) is 0 Å². The van der Waals surface area contributed by atoms with Gasteiger partial charge in [0.25, 0.3) is 0 Å². The van der Waals surface area contributed by atoms with Crippen LogP contribution >= 0.6 is 0 Å². The lowest BCUT2D eigenvalue weighted by Crippen LogP contribution is -2.74. The summed E-state index contributed by atoms with van der Waals surface area (Å²) in [5.41, 5.74) is -0.779. The molecule has 0 bridgehead atoms. The Morgan fingerprint density at radius 3 is 1.31 bits per heavy atom. The smallest absolute Gasteiger partial charge is 0.460 e. The highest BCUT2D eigenvalue weighted by atomic mass is 19.4. The first-order valence-corrected chi connectivity index (χ1v) is 10.1. The molecule has 0 spiro atoms. The number of rotatable bonds is 12. The Kier molecular flexibility index (Phi) is 9.21. The Labute approximate surface area is 207 Å². The van der Waals surface area contributed by atoms with E-state index in [0.29, 0.717) is 12.1 Å². The van der Waals surface area contributed by atoms with Crippen molar-refractivity contribution >= 4 is 0 Å². The van der Waals surface area contributed by atoms with Crippen LogP contribution in [0.3, 0.4) is 0 Å². The number of aliphatic hydroxyl groups excluding tert-OH is 1. The third kappa shape index (κ3) is 5.68. The van der Waals surface area contributed by atoms with Gasteiger partial charge < -0.3 is 9.84 Å². The van der Waals surface area contributed by atoms with Crippen molar-refractivity contribution in [3.05, 3.63) is 29.8 Å². The topological polar surface area (TPSA) is 29.5 Å². The van der Waals surface area contributed by atoms with Crippen LogP contribution in [0.1, 0.15) is 31.9 Å². The van der Waals surface area contributed by atoms with Crippen molar-refractivity contribution in [1.29, 1.82) is 0 Å². The molecule has 1 unspecified atom stereocenters. The summed E-state index contributed by atoms with van der Waals surface area (Å²) in [5, 5.41) is 9.70. The van der Waals surface area contributed by atoms with Gasteiger partial charge in [0.1, 0.15) is 5.75 Å². The Balaban J connectivity index is 3.39. The Morgan fingerprint density at radius 1 is 0.590 bits per heavy atom. The highest BCUT2D eigenvalue weighted by Crippen LogP contribution is 2.64. The van der Waals surface area contributed by atoms with Crippen LogP contribution in [0.15, 0.2) is 24.3 Å². The standard InChI is InChI=1S/C20H17F17O2/c1-9(2)8-39-11-5-3-10(4-6-11)12(38)7-13(21,22)14(23,24)15(25,26)16(27,28)17(29,30)18(31,32)19(33,34)20(35,36)37/h3-6,9,12,38H,7-8H2,1-2H3. The summed E-state index contributed by atoms with van der Waals surface area (Å²) in [4.78, 5) is 0. The molecule has 0 heterocycles. The summed E-state index contributed by atoms with van der Waals surface area (Å²) < 4.78 is 231. The minimum atomic E-state index is -8.69. The molecule has 228 valence electrons. The molecule has 19 heteroatoms. The highest BCUT2D eigenvalue weighted by molar-refractivity contribution is 5.29. The van der Waals surface area contributed by atoms with E-state index in [9.17, 15) is 79.7 Å². The average Bonchev–Trinajstić information content (AvgIpc) is 2.76. The van der Waals surface area contributed by atoms with Gasteiger partial charge in [-0.2, -0.15) is 74.6 Å². The van der Waals surface area contributed by atoms with Gasteiger partial charge >= 0.3 is 47.6 Å². The van der Waals surface area contributed by atoms with E-state index in [-0.39, 0.29) is 18.3 Å². The van der Waals surface area contributed by atoms with Crippen LogP contribution in [0.25, 0.3) is 0 Å². The molecule has 0 aliphatic rings. The van der Waals surface area contributed by atoms with Crippen LogP contribution in [0.5, 0.6) is 5.75 Å². The van der Waals surface area contributed by atoms with Crippen molar-refractivity contribution in [3.63, 3.8) is 0 Å². The molecule has 0 amide bonds. The molecule has 0 aromatic heterocycles. The molecule has 1 N–H and O–H groups in total. The van der Waals surface area contributed by atoms with Crippen molar-refractivity contribution in [3.8, 4) is 5.75 Å². The molecule has 0 radical (unpaired) electrons. The van der Waals surface area contributed by atoms with E-state index in [1.165, 1.54) is 0 Å². The first-order chi connectivity index (χ1) is 17.0. The predicted octanol–water partition coefficient (Wildman–Crippen LogP) is 8.15. The van der Waals surface area contributed by atoms with E-state index in [1.54, 1.807) is 13.8 Å². The van der Waals surface area contributed by atoms with E-state index >= 15 is 0 Å². The molecule has 39 heavy (non-hydrogen) atoms. The minimum Gasteiger partial charge on any atom is -0.493 e. The predicted molar refractivity (Wildman–Crippen MR) is 97.0 cm³/mol. The van der Waals surface area contributed by atoms with E-state index in [2.05, 4.69) is 0 Å². The zero-order valence-corrected chi connectivity index (χ0v) is 19.2. The molecule has 0 aliphatic carbocycles. The maximum atomic E-state index is 14.1. The Morgan fingerprint density at radius 2 is 0.949 bits per heavy atom. The number of ether oxygens (including phenoxy) is 1. The highest BCUT2D eigenvalue weighted by Gasteiger charge is 2.95. The van der Waals surface area contributed by atoms with Crippen molar-refractivity contribution in [2.24, 2.45) is 5.92 Å². The van der Waals surface area contributed by atoms with Gasteiger partial charge in [0.15, 0.2) is 0 Å². The summed E-state index contributed by atoms with van der Waals surface area (Å²) in [5.74, 6) is -57.0. The summed E-state index contributed by atoms with van der Waals surface area (Å²) >= 11 is 0. The molecule has 0 saturated heterocycles. The first-order valence-electron chi connectivity index (χ1n) is 10.1. The second kappa shape index (κ2) is 10.3. The lowest BCUT2D eigenvalue weighted by Gasteiger charge is -2.43. The number of halogens is 17. The normalized spacial score (nSPS) is 16.0. The Bertz CT molecular complexity index is 967. The molecular formula is C20H17F17O2. The molecular weight excluding hydrogens is 595 g/mol.